The second-order valence-corrected chi connectivity index (χ2v) is 10.9. The Bertz CT molecular complexity index is 1550. The molecule has 2 saturated heterocycles. The molecule has 210 valence electrons. The number of carboxylic acid groups (broad SMARTS) is 1. The number of rotatable bonds is 9. The largest absolute Gasteiger partial charge is 0.477 e. The van der Waals surface area contributed by atoms with Crippen molar-refractivity contribution < 1.29 is 23.8 Å². The molecular formula is C27H27Cl2FN6O4. The number of hydrogen-bond donors (Lipinski definition) is 1. The van der Waals surface area contributed by atoms with Gasteiger partial charge in [-0.1, -0.05) is 29.3 Å². The van der Waals surface area contributed by atoms with Crippen molar-refractivity contribution in [1.29, 1.82) is 0 Å². The average molecular weight is 589 g/mol. The molecule has 13 heteroatoms. The van der Waals surface area contributed by atoms with E-state index in [1.54, 1.807) is 29.1 Å². The zero-order valence-electron chi connectivity index (χ0n) is 21.5. The molecular weight excluding hydrogens is 562 g/mol. The third-order valence-electron chi connectivity index (χ3n) is 7.28. The minimum absolute atomic E-state index is 0.00732. The van der Waals surface area contributed by atoms with Gasteiger partial charge in [0.05, 0.1) is 25.7 Å². The number of ether oxygens (including phenoxy) is 2. The van der Waals surface area contributed by atoms with Crippen molar-refractivity contribution in [1.82, 2.24) is 29.2 Å². The molecule has 2 aliphatic heterocycles. The molecule has 0 saturated carbocycles. The maximum atomic E-state index is 14.2. The van der Waals surface area contributed by atoms with Crippen molar-refractivity contribution in [3.05, 3.63) is 69.5 Å². The summed E-state index contributed by atoms with van der Waals surface area (Å²) in [5.41, 5.74) is 1.67. The first kappa shape index (κ1) is 26.9. The van der Waals surface area contributed by atoms with Crippen LogP contribution in [0.15, 0.2) is 36.5 Å². The minimum Gasteiger partial charge on any atom is -0.477 e. The summed E-state index contributed by atoms with van der Waals surface area (Å²) in [7, 11) is 0. The number of hydrogen-bond acceptors (Lipinski definition) is 7. The van der Waals surface area contributed by atoms with Gasteiger partial charge in [-0.15, -0.1) is 5.10 Å². The standard InChI is InChI=1S/C27H27Cl2FN6O4/c28-17-2-1-16(21(30)11-17)12-35-14-20(29)26(33-35)40-18-5-8-34(9-6-18)15-24-31-22-3-4-23(27(37)38)32-25(22)36(24)13-19-7-10-39-19/h1-4,11,14,18-19H,5-10,12-13,15H2,(H,37,38)/t19-/m0/s1. The van der Waals surface area contributed by atoms with Crippen LogP contribution in [0.1, 0.15) is 41.1 Å². The van der Waals surface area contributed by atoms with Gasteiger partial charge in [-0.2, -0.15) is 0 Å². The summed E-state index contributed by atoms with van der Waals surface area (Å²) < 4.78 is 29.5. The number of imidazole rings is 1. The van der Waals surface area contributed by atoms with Crippen LogP contribution >= 0.6 is 23.2 Å². The Morgan fingerprint density at radius 2 is 1.93 bits per heavy atom. The number of halogens is 3. The Hall–Kier alpha value is -3.25. The van der Waals surface area contributed by atoms with Gasteiger partial charge in [0.2, 0.25) is 0 Å². The van der Waals surface area contributed by atoms with E-state index in [9.17, 15) is 14.3 Å². The summed E-state index contributed by atoms with van der Waals surface area (Å²) in [5, 5.41) is 14.5. The minimum atomic E-state index is -1.07. The van der Waals surface area contributed by atoms with E-state index >= 15 is 0 Å². The van der Waals surface area contributed by atoms with Gasteiger partial charge >= 0.3 is 5.97 Å². The normalized spacial score (nSPS) is 18.2. The fourth-order valence-corrected chi connectivity index (χ4v) is 5.37. The van der Waals surface area contributed by atoms with Crippen molar-refractivity contribution in [2.45, 2.75) is 51.1 Å². The molecule has 1 atom stereocenters. The second-order valence-electron chi connectivity index (χ2n) is 10.1. The number of likely N-dealkylation sites (tertiary alicyclic amines) is 1. The number of carboxylic acids is 1. The summed E-state index contributed by atoms with van der Waals surface area (Å²) in [6.07, 6.45) is 4.12. The van der Waals surface area contributed by atoms with Crippen molar-refractivity contribution in [2.24, 2.45) is 0 Å². The van der Waals surface area contributed by atoms with E-state index in [0.29, 0.717) is 45.7 Å². The maximum absolute atomic E-state index is 14.2. The highest BCUT2D eigenvalue weighted by atomic mass is 35.5. The van der Waals surface area contributed by atoms with E-state index < -0.39 is 11.8 Å². The summed E-state index contributed by atoms with van der Waals surface area (Å²) in [6, 6.07) is 7.71. The smallest absolute Gasteiger partial charge is 0.354 e. The van der Waals surface area contributed by atoms with Crippen LogP contribution in [0.3, 0.4) is 0 Å². The van der Waals surface area contributed by atoms with Gasteiger partial charge in [0.1, 0.15) is 28.3 Å². The molecule has 2 fully saturated rings. The number of aromatic nitrogens is 5. The van der Waals surface area contributed by atoms with Crippen LogP contribution < -0.4 is 4.74 Å². The molecule has 1 N–H and O–H groups in total. The molecule has 6 rings (SSSR count). The summed E-state index contributed by atoms with van der Waals surface area (Å²) in [4.78, 5) is 22.9. The molecule has 5 heterocycles. The number of aromatic carboxylic acids is 1. The molecule has 10 nitrogen and oxygen atoms in total. The SMILES string of the molecule is O=C(O)c1ccc2nc(CN3CCC(Oc4nn(Cc5ccc(Cl)cc5F)cc4Cl)CC3)n(C[C@@H]3CCO3)c2n1. The van der Waals surface area contributed by atoms with Crippen LogP contribution in [0, 0.1) is 5.82 Å². The molecule has 40 heavy (non-hydrogen) atoms. The zero-order chi connectivity index (χ0) is 27.8. The molecule has 0 aliphatic carbocycles. The molecule has 1 aromatic carbocycles. The van der Waals surface area contributed by atoms with E-state index in [1.807, 2.05) is 4.57 Å². The Morgan fingerprint density at radius 3 is 2.62 bits per heavy atom. The summed E-state index contributed by atoms with van der Waals surface area (Å²) in [6.45, 7) is 3.67. The van der Waals surface area contributed by atoms with Gasteiger partial charge < -0.3 is 19.1 Å². The van der Waals surface area contributed by atoms with Crippen LogP contribution in [0.5, 0.6) is 5.88 Å². The highest BCUT2D eigenvalue weighted by Crippen LogP contribution is 2.28. The second kappa shape index (κ2) is 11.3. The van der Waals surface area contributed by atoms with Crippen LogP contribution in [-0.4, -0.2) is 72.2 Å². The van der Waals surface area contributed by atoms with Crippen LogP contribution in [0.4, 0.5) is 4.39 Å². The molecule has 0 bridgehead atoms. The Labute approximate surface area is 239 Å². The third kappa shape index (κ3) is 5.78. The fourth-order valence-electron chi connectivity index (χ4n) is 5.02. The van der Waals surface area contributed by atoms with E-state index in [1.165, 1.54) is 12.1 Å². The third-order valence-corrected chi connectivity index (χ3v) is 7.78. The van der Waals surface area contributed by atoms with Gasteiger partial charge in [0.25, 0.3) is 5.88 Å². The molecule has 3 aromatic heterocycles. The fraction of sp³-hybridized carbons (Fsp3) is 0.407. The number of fused-ring (bicyclic) bond motifs is 1. The number of benzene rings is 1. The summed E-state index contributed by atoms with van der Waals surface area (Å²) >= 11 is 12.2. The van der Waals surface area contributed by atoms with E-state index in [4.69, 9.17) is 37.7 Å². The molecule has 0 amide bonds. The van der Waals surface area contributed by atoms with Gasteiger partial charge in [0, 0.05) is 36.5 Å². The lowest BCUT2D eigenvalue weighted by molar-refractivity contribution is -0.0593. The highest BCUT2D eigenvalue weighted by molar-refractivity contribution is 6.31. The predicted molar refractivity (Wildman–Crippen MR) is 146 cm³/mol. The van der Waals surface area contributed by atoms with Gasteiger partial charge in [-0.3, -0.25) is 9.58 Å². The van der Waals surface area contributed by atoms with Crippen molar-refractivity contribution in [3.8, 4) is 5.88 Å². The monoisotopic (exact) mass is 588 g/mol. The van der Waals surface area contributed by atoms with Crippen molar-refractivity contribution >= 4 is 40.3 Å². The average Bonchev–Trinajstić information content (AvgIpc) is 3.42. The first-order valence-corrected chi connectivity index (χ1v) is 13.8. The Kier molecular flexibility index (Phi) is 7.63. The predicted octanol–water partition coefficient (Wildman–Crippen LogP) is 4.65. The highest BCUT2D eigenvalue weighted by Gasteiger charge is 2.27. The van der Waals surface area contributed by atoms with Gasteiger partial charge in [0.15, 0.2) is 11.3 Å². The van der Waals surface area contributed by atoms with Crippen molar-refractivity contribution in [2.75, 3.05) is 19.7 Å². The van der Waals surface area contributed by atoms with E-state index in [-0.39, 0.29) is 24.4 Å². The van der Waals surface area contributed by atoms with Gasteiger partial charge in [-0.05, 0) is 43.5 Å². The number of piperidine rings is 1. The summed E-state index contributed by atoms with van der Waals surface area (Å²) in [5.74, 6) is -0.311. The molecule has 0 radical (unpaired) electrons. The Balaban J connectivity index is 1.09. The van der Waals surface area contributed by atoms with E-state index in [2.05, 4.69) is 15.0 Å². The first-order chi connectivity index (χ1) is 19.3. The number of carbonyl (C=O) groups is 1. The number of pyridine rings is 1. The molecule has 0 unspecified atom stereocenters. The molecule has 2 aliphatic rings. The lowest BCUT2D eigenvalue weighted by Crippen LogP contribution is -2.39. The first-order valence-electron chi connectivity index (χ1n) is 13.1. The van der Waals surface area contributed by atoms with Gasteiger partial charge in [-0.25, -0.2) is 19.2 Å². The van der Waals surface area contributed by atoms with E-state index in [0.717, 1.165) is 44.8 Å². The lowest BCUT2D eigenvalue weighted by Gasteiger charge is -2.32. The lowest BCUT2D eigenvalue weighted by atomic mass is 10.1. The molecule has 4 aromatic rings. The van der Waals surface area contributed by atoms with Crippen LogP contribution in [-0.2, 0) is 24.4 Å². The topological polar surface area (TPSA) is 108 Å². The van der Waals surface area contributed by atoms with Crippen molar-refractivity contribution in [3.63, 3.8) is 0 Å². The number of nitrogens with zero attached hydrogens (tertiary/aromatic N) is 6. The molecule has 0 spiro atoms. The van der Waals surface area contributed by atoms with Crippen LogP contribution in [0.25, 0.3) is 11.2 Å². The zero-order valence-corrected chi connectivity index (χ0v) is 23.0. The quantitative estimate of drug-likeness (QED) is 0.301. The maximum Gasteiger partial charge on any atom is 0.354 e. The van der Waals surface area contributed by atoms with Crippen LogP contribution in [0.2, 0.25) is 10.0 Å². The Morgan fingerprint density at radius 1 is 1.12 bits per heavy atom.